The van der Waals surface area contributed by atoms with E-state index in [9.17, 15) is 9.59 Å². The summed E-state index contributed by atoms with van der Waals surface area (Å²) in [6, 6.07) is 7.62. The number of rotatable bonds is 5. The van der Waals surface area contributed by atoms with Crippen LogP contribution in [0.3, 0.4) is 0 Å². The summed E-state index contributed by atoms with van der Waals surface area (Å²) >= 11 is 1.32. The Kier molecular flexibility index (Phi) is 4.82. The van der Waals surface area contributed by atoms with E-state index >= 15 is 0 Å². The molecule has 3 fully saturated rings. The van der Waals surface area contributed by atoms with Crippen LogP contribution in [0.4, 0.5) is 0 Å². The summed E-state index contributed by atoms with van der Waals surface area (Å²) in [6.45, 7) is 4.73. The number of hydrogen-bond acceptors (Lipinski definition) is 6. The lowest BCUT2D eigenvalue weighted by molar-refractivity contribution is 0.0620. The van der Waals surface area contributed by atoms with E-state index in [4.69, 9.17) is 4.42 Å². The lowest BCUT2D eigenvalue weighted by Crippen LogP contribution is -2.57. The maximum absolute atomic E-state index is 12.5. The lowest BCUT2D eigenvalue weighted by Gasteiger charge is -2.44. The molecule has 6 nitrogen and oxygen atoms in total. The zero-order valence-corrected chi connectivity index (χ0v) is 15.4. The number of ketones is 1. The summed E-state index contributed by atoms with van der Waals surface area (Å²) in [5.41, 5.74) is 0.655. The van der Waals surface area contributed by atoms with Crippen molar-refractivity contribution >= 4 is 23.5 Å². The molecule has 2 aromatic rings. The van der Waals surface area contributed by atoms with E-state index in [0.29, 0.717) is 16.7 Å². The molecule has 1 atom stereocenters. The second kappa shape index (κ2) is 7.25. The van der Waals surface area contributed by atoms with Gasteiger partial charge in [0.05, 0.1) is 6.20 Å². The van der Waals surface area contributed by atoms with Gasteiger partial charge in [-0.2, -0.15) is 0 Å². The van der Waals surface area contributed by atoms with Crippen molar-refractivity contribution in [2.24, 2.45) is 5.92 Å². The molecule has 1 aromatic heterocycles. The number of nitrogens with zero attached hydrogens (tertiary/aromatic N) is 2. The molecule has 0 spiro atoms. The fourth-order valence-corrected chi connectivity index (χ4v) is 4.33. The van der Waals surface area contributed by atoms with E-state index in [1.54, 1.807) is 0 Å². The third-order valence-electron chi connectivity index (χ3n) is 5.13. The molecule has 1 aromatic carbocycles. The Morgan fingerprint density at radius 2 is 1.96 bits per heavy atom. The minimum Gasteiger partial charge on any atom is -0.428 e. The second-order valence-corrected chi connectivity index (χ2v) is 7.92. The van der Waals surface area contributed by atoms with Gasteiger partial charge in [-0.3, -0.25) is 9.59 Å². The van der Waals surface area contributed by atoms with E-state index in [-0.39, 0.29) is 23.5 Å². The number of fused-ring (bicyclic) bond motifs is 3. The fourth-order valence-electron chi connectivity index (χ4n) is 3.62. The van der Waals surface area contributed by atoms with Crippen LogP contribution >= 0.6 is 11.8 Å². The first-order chi connectivity index (χ1) is 12.6. The van der Waals surface area contributed by atoms with Gasteiger partial charge in [-0.15, -0.1) is 0 Å². The number of carbonyl (C=O) groups is 2. The number of piperidine rings is 3. The van der Waals surface area contributed by atoms with Gasteiger partial charge in [0, 0.05) is 30.0 Å². The SMILES string of the molecule is CC(=O)c1cnc(Sc2ccc(C(=O)NC3CN4CCC3CC4)cc2)o1. The standard InChI is InChI=1S/C19H21N3O3S/c1-12(23)17-10-20-19(25-17)26-15-4-2-14(3-5-15)18(24)21-16-11-22-8-6-13(16)7-9-22/h2-5,10,13,16H,6-9,11H2,1H3,(H,21,24). The van der Waals surface area contributed by atoms with Crippen LogP contribution in [0.5, 0.6) is 0 Å². The van der Waals surface area contributed by atoms with Gasteiger partial charge in [-0.25, -0.2) is 4.98 Å². The summed E-state index contributed by atoms with van der Waals surface area (Å²) in [6.07, 6.45) is 3.79. The Morgan fingerprint density at radius 3 is 2.54 bits per heavy atom. The molecule has 3 saturated heterocycles. The van der Waals surface area contributed by atoms with E-state index < -0.39 is 0 Å². The number of nitrogens with one attached hydrogen (secondary N) is 1. The van der Waals surface area contributed by atoms with Crippen molar-refractivity contribution in [2.45, 2.75) is 35.9 Å². The van der Waals surface area contributed by atoms with Gasteiger partial charge < -0.3 is 14.6 Å². The maximum Gasteiger partial charge on any atom is 0.261 e. The quantitative estimate of drug-likeness (QED) is 0.815. The minimum atomic E-state index is -0.149. The van der Waals surface area contributed by atoms with Crippen LogP contribution < -0.4 is 5.32 Å². The summed E-state index contributed by atoms with van der Waals surface area (Å²) in [7, 11) is 0. The van der Waals surface area contributed by atoms with Crippen molar-refractivity contribution in [3.63, 3.8) is 0 Å². The Labute approximate surface area is 156 Å². The topological polar surface area (TPSA) is 75.4 Å². The van der Waals surface area contributed by atoms with E-state index in [2.05, 4.69) is 15.2 Å². The summed E-state index contributed by atoms with van der Waals surface area (Å²) < 4.78 is 5.37. The van der Waals surface area contributed by atoms with Crippen molar-refractivity contribution in [3.05, 3.63) is 41.8 Å². The smallest absolute Gasteiger partial charge is 0.261 e. The highest BCUT2D eigenvalue weighted by molar-refractivity contribution is 7.99. The maximum atomic E-state index is 12.5. The van der Waals surface area contributed by atoms with Crippen LogP contribution in [0.15, 0.2) is 45.0 Å². The number of amides is 1. The van der Waals surface area contributed by atoms with E-state index in [0.717, 1.165) is 24.5 Å². The predicted octanol–water partition coefficient (Wildman–Crippen LogP) is 2.85. The number of aromatic nitrogens is 1. The third-order valence-corrected chi connectivity index (χ3v) is 6.00. The first kappa shape index (κ1) is 17.3. The summed E-state index contributed by atoms with van der Waals surface area (Å²) in [4.78, 5) is 31.2. The van der Waals surface area contributed by atoms with Crippen molar-refractivity contribution in [2.75, 3.05) is 19.6 Å². The van der Waals surface area contributed by atoms with E-state index in [1.807, 2.05) is 24.3 Å². The molecular weight excluding hydrogens is 350 g/mol. The third kappa shape index (κ3) is 3.68. The number of benzene rings is 1. The van der Waals surface area contributed by atoms with E-state index in [1.165, 1.54) is 37.7 Å². The van der Waals surface area contributed by atoms with Gasteiger partial charge in [0.2, 0.25) is 0 Å². The molecular formula is C19H21N3O3S. The zero-order valence-electron chi connectivity index (χ0n) is 14.6. The van der Waals surface area contributed by atoms with Gasteiger partial charge in [0.1, 0.15) is 0 Å². The average Bonchev–Trinajstić information content (AvgIpc) is 3.12. The molecule has 2 bridgehead atoms. The molecule has 5 rings (SSSR count). The van der Waals surface area contributed by atoms with Gasteiger partial charge in [0.25, 0.3) is 11.1 Å². The van der Waals surface area contributed by atoms with Crippen LogP contribution in [0, 0.1) is 5.92 Å². The second-order valence-electron chi connectivity index (χ2n) is 6.89. The predicted molar refractivity (Wildman–Crippen MR) is 97.5 cm³/mol. The largest absolute Gasteiger partial charge is 0.428 e. The number of Topliss-reactive ketones (excluding diaryl/α,β-unsaturated/α-hetero) is 1. The molecule has 1 N–H and O–H groups in total. The molecule has 0 aliphatic carbocycles. The minimum absolute atomic E-state index is 0.0183. The average molecular weight is 371 g/mol. The molecule has 1 unspecified atom stereocenters. The highest BCUT2D eigenvalue weighted by atomic mass is 32.2. The van der Waals surface area contributed by atoms with Crippen molar-refractivity contribution in [1.82, 2.24) is 15.2 Å². The van der Waals surface area contributed by atoms with Crippen LogP contribution in [0.1, 0.15) is 40.7 Å². The van der Waals surface area contributed by atoms with Crippen molar-refractivity contribution < 1.29 is 14.0 Å². The van der Waals surface area contributed by atoms with Gasteiger partial charge in [0.15, 0.2) is 11.5 Å². The number of hydrogen-bond donors (Lipinski definition) is 1. The fraction of sp³-hybridized carbons (Fsp3) is 0.421. The Bertz CT molecular complexity index is 810. The molecule has 136 valence electrons. The monoisotopic (exact) mass is 371 g/mol. The van der Waals surface area contributed by atoms with Gasteiger partial charge in [-0.1, -0.05) is 0 Å². The lowest BCUT2D eigenvalue weighted by atomic mass is 9.84. The molecule has 0 radical (unpaired) electrons. The highest BCUT2D eigenvalue weighted by Crippen LogP contribution is 2.29. The molecule has 4 heterocycles. The summed E-state index contributed by atoms with van der Waals surface area (Å²) in [5.74, 6) is 0.694. The van der Waals surface area contributed by atoms with Gasteiger partial charge >= 0.3 is 0 Å². The first-order valence-electron chi connectivity index (χ1n) is 8.86. The van der Waals surface area contributed by atoms with Crippen molar-refractivity contribution in [3.8, 4) is 0 Å². The molecule has 3 aliphatic rings. The van der Waals surface area contributed by atoms with Crippen LogP contribution in [-0.2, 0) is 0 Å². The van der Waals surface area contributed by atoms with Crippen LogP contribution in [0.25, 0.3) is 0 Å². The molecule has 3 aliphatic heterocycles. The molecule has 0 saturated carbocycles. The van der Waals surface area contributed by atoms with Crippen molar-refractivity contribution in [1.29, 1.82) is 0 Å². The Balaban J connectivity index is 1.37. The molecule has 26 heavy (non-hydrogen) atoms. The van der Waals surface area contributed by atoms with Crippen LogP contribution in [-0.4, -0.2) is 47.3 Å². The van der Waals surface area contributed by atoms with Gasteiger partial charge in [-0.05, 0) is 67.9 Å². The Hall–Kier alpha value is -2.12. The molecule has 1 amide bonds. The first-order valence-corrected chi connectivity index (χ1v) is 9.68. The highest BCUT2D eigenvalue weighted by Gasteiger charge is 2.34. The normalized spacial score (nSPS) is 24.4. The van der Waals surface area contributed by atoms with Crippen LogP contribution in [0.2, 0.25) is 0 Å². The molecule has 7 heteroatoms. The number of oxazole rings is 1. The Morgan fingerprint density at radius 1 is 1.23 bits per heavy atom. The zero-order chi connectivity index (χ0) is 18.1. The number of carbonyl (C=O) groups excluding carboxylic acids is 2. The summed E-state index contributed by atoms with van der Waals surface area (Å²) in [5, 5.41) is 3.61.